The van der Waals surface area contributed by atoms with Crippen molar-refractivity contribution in [1.82, 2.24) is 20.3 Å². The predicted molar refractivity (Wildman–Crippen MR) is 59.3 cm³/mol. The first-order chi connectivity index (χ1) is 8.00. The van der Waals surface area contributed by atoms with Crippen molar-refractivity contribution in [2.75, 3.05) is 0 Å². The van der Waals surface area contributed by atoms with E-state index in [4.69, 9.17) is 0 Å². The number of aromatic amines is 1. The molecule has 16 heavy (non-hydrogen) atoms. The number of H-pyrrole nitrogens is 1. The lowest BCUT2D eigenvalue weighted by molar-refractivity contribution is 0.393. The Bertz CT molecular complexity index is 309. The number of nitrogens with one attached hydrogen (secondary N) is 1. The summed E-state index contributed by atoms with van der Waals surface area (Å²) in [5.41, 5.74) is 0. The number of pyridine rings is 1. The Kier molecular flexibility index (Phi) is 6.65. The zero-order chi connectivity index (χ0) is 11.3. The van der Waals surface area contributed by atoms with Crippen molar-refractivity contribution in [1.29, 1.82) is 0 Å². The van der Waals surface area contributed by atoms with Gasteiger partial charge < -0.3 is 9.51 Å². The summed E-state index contributed by atoms with van der Waals surface area (Å²) in [6, 6.07) is 9.60. The molecule has 0 fully saturated rings. The molecule has 0 aliphatic heterocycles. The van der Waals surface area contributed by atoms with Gasteiger partial charge in [0.1, 0.15) is 6.26 Å². The van der Waals surface area contributed by atoms with E-state index >= 15 is 0 Å². The molecule has 0 saturated carbocycles. The van der Waals surface area contributed by atoms with Gasteiger partial charge in [-0.25, -0.2) is 0 Å². The molecule has 0 amide bonds. The molecule has 0 spiro atoms. The van der Waals surface area contributed by atoms with E-state index < -0.39 is 0 Å². The average molecular weight is 216 g/mol. The van der Waals surface area contributed by atoms with Gasteiger partial charge in [0.15, 0.2) is 0 Å². The van der Waals surface area contributed by atoms with Crippen LogP contribution in [0.3, 0.4) is 0 Å². The van der Waals surface area contributed by atoms with Crippen LogP contribution in [0.2, 0.25) is 0 Å². The van der Waals surface area contributed by atoms with Gasteiger partial charge in [-0.05, 0) is 24.3 Å². The topological polar surface area (TPSA) is 67.6 Å². The Labute approximate surface area is 93.1 Å². The molecule has 5 nitrogen and oxygen atoms in total. The second kappa shape index (κ2) is 9.14. The van der Waals surface area contributed by atoms with E-state index in [-0.39, 0.29) is 0 Å². The van der Waals surface area contributed by atoms with Gasteiger partial charge in [0, 0.05) is 30.1 Å². The molecular formula is C11H12N4O. The smallest absolute Gasteiger partial charge is 0.144 e. The van der Waals surface area contributed by atoms with Crippen LogP contribution in [-0.4, -0.2) is 20.3 Å². The van der Waals surface area contributed by atoms with Gasteiger partial charge in [-0.1, -0.05) is 6.07 Å². The fraction of sp³-hybridized carbons (Fsp3) is 0. The summed E-state index contributed by atoms with van der Waals surface area (Å²) < 4.78 is 4.22. The molecule has 0 aromatic carbocycles. The largest absolute Gasteiger partial charge is 0.368 e. The third kappa shape index (κ3) is 7.02. The zero-order valence-corrected chi connectivity index (χ0v) is 8.60. The van der Waals surface area contributed by atoms with Gasteiger partial charge in [-0.15, -0.1) is 5.10 Å². The summed E-state index contributed by atoms with van der Waals surface area (Å²) >= 11 is 0. The zero-order valence-electron chi connectivity index (χ0n) is 8.60. The Morgan fingerprint density at radius 2 is 1.56 bits per heavy atom. The highest BCUT2D eigenvalue weighted by molar-refractivity contribution is 4.88. The number of rotatable bonds is 0. The fourth-order valence-electron chi connectivity index (χ4n) is 0.726. The molecule has 0 atom stereocenters. The van der Waals surface area contributed by atoms with Crippen LogP contribution in [0.1, 0.15) is 0 Å². The van der Waals surface area contributed by atoms with E-state index in [1.54, 1.807) is 12.4 Å². The lowest BCUT2D eigenvalue weighted by Gasteiger charge is -1.70. The van der Waals surface area contributed by atoms with Crippen LogP contribution < -0.4 is 0 Å². The quantitative estimate of drug-likeness (QED) is 0.625. The van der Waals surface area contributed by atoms with E-state index in [1.807, 2.05) is 42.7 Å². The summed E-state index contributed by atoms with van der Waals surface area (Å²) in [7, 11) is 0. The van der Waals surface area contributed by atoms with Crippen LogP contribution in [0.15, 0.2) is 72.1 Å². The molecule has 5 heteroatoms. The molecule has 3 rings (SSSR count). The van der Waals surface area contributed by atoms with Gasteiger partial charge in [-0.2, -0.15) is 0 Å². The van der Waals surface area contributed by atoms with Crippen LogP contribution >= 0.6 is 0 Å². The summed E-state index contributed by atoms with van der Waals surface area (Å²) in [4.78, 5) is 6.65. The molecule has 0 radical (unpaired) electrons. The van der Waals surface area contributed by atoms with Crippen molar-refractivity contribution < 1.29 is 4.52 Å². The molecule has 82 valence electrons. The fourth-order valence-corrected chi connectivity index (χ4v) is 0.726. The first-order valence-corrected chi connectivity index (χ1v) is 4.64. The van der Waals surface area contributed by atoms with Crippen LogP contribution in [0, 0.1) is 0 Å². The highest BCUT2D eigenvalue weighted by Gasteiger charge is 1.61. The maximum atomic E-state index is 4.22. The average Bonchev–Trinajstić information content (AvgIpc) is 3.10. The summed E-state index contributed by atoms with van der Waals surface area (Å²) in [6.45, 7) is 0. The summed E-state index contributed by atoms with van der Waals surface area (Å²) in [5, 5.41) is 6.40. The van der Waals surface area contributed by atoms with E-state index in [9.17, 15) is 0 Å². The van der Waals surface area contributed by atoms with Gasteiger partial charge in [0.05, 0.1) is 6.20 Å². The highest BCUT2D eigenvalue weighted by Crippen LogP contribution is 1.73. The molecule has 3 aromatic heterocycles. The standard InChI is InChI=1S/C5H5N.C4H5N.C2H2N2O/c1-2-4-6-5-3-1;1-2-4-5-3-1;1-2-5-4-3-1/h1-5H;1-5H;1-2H. The van der Waals surface area contributed by atoms with Crippen LogP contribution in [-0.2, 0) is 0 Å². The second-order valence-corrected chi connectivity index (χ2v) is 2.50. The van der Waals surface area contributed by atoms with E-state index in [2.05, 4.69) is 24.9 Å². The molecule has 0 unspecified atom stereocenters. The highest BCUT2D eigenvalue weighted by atomic mass is 16.5. The number of nitrogens with zero attached hydrogens (tertiary/aromatic N) is 3. The number of hydrogen-bond acceptors (Lipinski definition) is 4. The van der Waals surface area contributed by atoms with Crippen LogP contribution in [0.5, 0.6) is 0 Å². The Balaban J connectivity index is 0.000000121. The van der Waals surface area contributed by atoms with Gasteiger partial charge in [0.2, 0.25) is 0 Å². The normalized spacial score (nSPS) is 8.00. The molecule has 0 bridgehead atoms. The van der Waals surface area contributed by atoms with Crippen molar-refractivity contribution in [3.63, 3.8) is 0 Å². The molecular weight excluding hydrogens is 204 g/mol. The predicted octanol–water partition coefficient (Wildman–Crippen LogP) is 2.17. The minimum absolute atomic E-state index is 1.40. The number of aromatic nitrogens is 4. The monoisotopic (exact) mass is 216 g/mol. The third-order valence-electron chi connectivity index (χ3n) is 1.35. The number of hydrogen-bond donors (Lipinski definition) is 1. The maximum Gasteiger partial charge on any atom is 0.144 e. The first kappa shape index (κ1) is 11.6. The molecule has 3 heterocycles. The molecule has 1 N–H and O–H groups in total. The Morgan fingerprint density at radius 1 is 0.812 bits per heavy atom. The van der Waals surface area contributed by atoms with Crippen LogP contribution in [0.25, 0.3) is 0 Å². The van der Waals surface area contributed by atoms with E-state index in [1.165, 1.54) is 12.5 Å². The van der Waals surface area contributed by atoms with Crippen molar-refractivity contribution >= 4 is 0 Å². The molecule has 0 aliphatic carbocycles. The van der Waals surface area contributed by atoms with E-state index in [0.29, 0.717) is 0 Å². The summed E-state index contributed by atoms with van der Waals surface area (Å²) in [5.74, 6) is 0. The minimum Gasteiger partial charge on any atom is -0.368 e. The lowest BCUT2D eigenvalue weighted by Crippen LogP contribution is -1.58. The second-order valence-electron chi connectivity index (χ2n) is 2.50. The lowest BCUT2D eigenvalue weighted by atomic mass is 10.5. The van der Waals surface area contributed by atoms with Gasteiger partial charge >= 0.3 is 0 Å². The van der Waals surface area contributed by atoms with Crippen molar-refractivity contribution in [3.8, 4) is 0 Å². The molecule has 0 saturated heterocycles. The van der Waals surface area contributed by atoms with Crippen LogP contribution in [0.4, 0.5) is 0 Å². The van der Waals surface area contributed by atoms with Gasteiger partial charge in [0.25, 0.3) is 0 Å². The minimum atomic E-state index is 1.40. The SMILES string of the molecule is c1cc[nH]c1.c1ccncc1.c1conn1. The molecule has 0 aliphatic rings. The molecule has 3 aromatic rings. The van der Waals surface area contributed by atoms with Crippen molar-refractivity contribution in [2.24, 2.45) is 0 Å². The summed E-state index contributed by atoms with van der Waals surface area (Å²) in [6.07, 6.45) is 10.1. The Hall–Kier alpha value is -2.43. The van der Waals surface area contributed by atoms with Crippen molar-refractivity contribution in [2.45, 2.75) is 0 Å². The van der Waals surface area contributed by atoms with E-state index in [0.717, 1.165) is 0 Å². The van der Waals surface area contributed by atoms with Crippen molar-refractivity contribution in [3.05, 3.63) is 67.6 Å². The third-order valence-corrected chi connectivity index (χ3v) is 1.35. The maximum absolute atomic E-state index is 4.22. The van der Waals surface area contributed by atoms with Gasteiger partial charge in [-0.3, -0.25) is 4.98 Å². The Morgan fingerprint density at radius 3 is 1.75 bits per heavy atom. The first-order valence-electron chi connectivity index (χ1n) is 4.64.